The van der Waals surface area contributed by atoms with Gasteiger partial charge < -0.3 is 9.80 Å². The van der Waals surface area contributed by atoms with Gasteiger partial charge >= 0.3 is 0 Å². The summed E-state index contributed by atoms with van der Waals surface area (Å²) in [5.41, 5.74) is 18.3. The zero-order chi connectivity index (χ0) is 43.4. The van der Waals surface area contributed by atoms with Gasteiger partial charge in [0, 0.05) is 33.9 Å². The second-order valence-corrected chi connectivity index (χ2v) is 18.5. The summed E-state index contributed by atoms with van der Waals surface area (Å²) >= 11 is 0. The lowest BCUT2D eigenvalue weighted by Gasteiger charge is -2.45. The van der Waals surface area contributed by atoms with Crippen LogP contribution >= 0.6 is 0 Å². The monoisotopic (exact) mass is 829 g/mol. The Hall–Kier alpha value is -5.78. The fourth-order valence-corrected chi connectivity index (χ4v) is 10.8. The molecule has 6 aromatic carbocycles. The van der Waals surface area contributed by atoms with Gasteiger partial charge in [-0.1, -0.05) is 186 Å². The summed E-state index contributed by atoms with van der Waals surface area (Å²) in [5.74, 6) is 1.95. The number of hydrogen-bond acceptors (Lipinski definition) is 2. The van der Waals surface area contributed by atoms with Gasteiger partial charge in [0.15, 0.2) is 0 Å². The molecule has 2 heteroatoms. The molecule has 1 saturated carbocycles. The Morgan fingerprint density at radius 2 is 1.14 bits per heavy atom. The zero-order valence-corrected chi connectivity index (χ0v) is 38.3. The van der Waals surface area contributed by atoms with E-state index in [1.165, 1.54) is 101 Å². The predicted octanol–water partition coefficient (Wildman–Crippen LogP) is 17.1. The van der Waals surface area contributed by atoms with Crippen LogP contribution < -0.4 is 9.80 Å². The second-order valence-electron chi connectivity index (χ2n) is 18.5. The summed E-state index contributed by atoms with van der Waals surface area (Å²) in [6.45, 7) is 9.58. The molecule has 0 spiro atoms. The average molecular weight is 829 g/mol. The second kappa shape index (κ2) is 21.5. The van der Waals surface area contributed by atoms with Crippen molar-refractivity contribution in [1.82, 2.24) is 0 Å². The van der Waals surface area contributed by atoms with E-state index < -0.39 is 0 Å². The number of para-hydroxylation sites is 4. The number of hydrogen-bond donors (Lipinski definition) is 0. The lowest BCUT2D eigenvalue weighted by atomic mass is 9.70. The number of rotatable bonds is 19. The molecule has 0 radical (unpaired) electrons. The number of fused-ring (bicyclic) bond motifs is 1. The van der Waals surface area contributed by atoms with Crippen LogP contribution in [0.5, 0.6) is 0 Å². The SMILES string of the molecule is CCCCCC(C)CC(CCC)C1=C=C=C(C(C2CCCC(c3ccc4ccccc4c3)C2)N(c2ccccc2)c2ccccc2)C(C(C)N(c2ccccc2)c2ccccc2)=C1. The molecule has 6 aromatic rings. The maximum absolute atomic E-state index is 4.11. The van der Waals surface area contributed by atoms with Gasteiger partial charge in [-0.3, -0.25) is 0 Å². The maximum Gasteiger partial charge on any atom is 0.0702 e. The van der Waals surface area contributed by atoms with Crippen molar-refractivity contribution < 1.29 is 0 Å². The van der Waals surface area contributed by atoms with E-state index in [2.05, 4.69) is 219 Å². The number of unbranched alkanes of at least 4 members (excludes halogenated alkanes) is 2. The summed E-state index contributed by atoms with van der Waals surface area (Å²) in [5, 5.41) is 2.65. The lowest BCUT2D eigenvalue weighted by molar-refractivity contribution is 0.294. The molecule has 2 aliphatic carbocycles. The first kappa shape index (κ1) is 43.9. The Labute approximate surface area is 379 Å². The predicted molar refractivity (Wildman–Crippen MR) is 270 cm³/mol. The van der Waals surface area contributed by atoms with E-state index in [1.54, 1.807) is 0 Å². The largest absolute Gasteiger partial charge is 0.334 e. The van der Waals surface area contributed by atoms with Crippen LogP contribution in [-0.2, 0) is 0 Å². The maximum atomic E-state index is 4.11. The molecular weight excluding hydrogens is 761 g/mol. The molecule has 63 heavy (non-hydrogen) atoms. The highest BCUT2D eigenvalue weighted by Crippen LogP contribution is 2.47. The molecule has 6 atom stereocenters. The van der Waals surface area contributed by atoms with E-state index in [9.17, 15) is 0 Å². The highest BCUT2D eigenvalue weighted by Gasteiger charge is 2.40. The normalized spacial score (nSPS) is 18.1. The molecule has 2 aliphatic rings. The molecule has 0 bridgehead atoms. The van der Waals surface area contributed by atoms with Crippen molar-refractivity contribution >= 4 is 33.5 Å². The van der Waals surface area contributed by atoms with Gasteiger partial charge in [0.2, 0.25) is 0 Å². The molecule has 8 rings (SSSR count). The zero-order valence-electron chi connectivity index (χ0n) is 38.3. The molecule has 322 valence electrons. The molecular formula is C61H68N2. The van der Waals surface area contributed by atoms with Crippen molar-refractivity contribution in [2.24, 2.45) is 17.8 Å². The Bertz CT molecular complexity index is 2410. The Morgan fingerprint density at radius 3 is 1.73 bits per heavy atom. The fraction of sp³-hybridized carbons (Fsp3) is 0.344. The molecule has 6 unspecified atom stereocenters. The summed E-state index contributed by atoms with van der Waals surface area (Å²) < 4.78 is 0. The smallest absolute Gasteiger partial charge is 0.0702 e. The van der Waals surface area contributed by atoms with Crippen LogP contribution in [-0.4, -0.2) is 12.1 Å². The van der Waals surface area contributed by atoms with Crippen LogP contribution in [0.15, 0.2) is 198 Å². The minimum Gasteiger partial charge on any atom is -0.334 e. The molecule has 0 aromatic heterocycles. The third-order valence-corrected chi connectivity index (χ3v) is 14.0. The Balaban J connectivity index is 1.32. The van der Waals surface area contributed by atoms with Crippen LogP contribution in [0.2, 0.25) is 0 Å². The van der Waals surface area contributed by atoms with Crippen molar-refractivity contribution in [2.45, 2.75) is 116 Å². The lowest BCUT2D eigenvalue weighted by Crippen LogP contribution is -2.44. The molecule has 0 N–H and O–H groups in total. The number of allylic oxidation sites excluding steroid dienone is 2. The average Bonchev–Trinajstić information content (AvgIpc) is 3.34. The minimum atomic E-state index is 0.00873. The van der Waals surface area contributed by atoms with Crippen molar-refractivity contribution in [2.75, 3.05) is 9.80 Å². The summed E-state index contributed by atoms with van der Waals surface area (Å²) in [6, 6.07) is 60.5. The molecule has 0 amide bonds. The third kappa shape index (κ3) is 10.5. The van der Waals surface area contributed by atoms with Crippen molar-refractivity contribution in [3.05, 3.63) is 204 Å². The summed E-state index contributed by atoms with van der Waals surface area (Å²) in [7, 11) is 0. The van der Waals surface area contributed by atoms with Crippen LogP contribution in [0.1, 0.15) is 110 Å². The van der Waals surface area contributed by atoms with Gasteiger partial charge in [0.25, 0.3) is 0 Å². The van der Waals surface area contributed by atoms with Crippen molar-refractivity contribution in [1.29, 1.82) is 0 Å². The molecule has 0 aliphatic heterocycles. The van der Waals surface area contributed by atoms with Gasteiger partial charge in [-0.15, -0.1) is 0 Å². The fourth-order valence-electron chi connectivity index (χ4n) is 10.8. The van der Waals surface area contributed by atoms with E-state index in [0.717, 1.165) is 25.7 Å². The van der Waals surface area contributed by atoms with Gasteiger partial charge in [0.1, 0.15) is 0 Å². The van der Waals surface area contributed by atoms with E-state index in [4.69, 9.17) is 0 Å². The van der Waals surface area contributed by atoms with Crippen LogP contribution in [0.25, 0.3) is 10.8 Å². The van der Waals surface area contributed by atoms with E-state index >= 15 is 0 Å². The van der Waals surface area contributed by atoms with Gasteiger partial charge in [-0.05, 0) is 139 Å². The van der Waals surface area contributed by atoms with Gasteiger partial charge in [-0.2, -0.15) is 0 Å². The highest BCUT2D eigenvalue weighted by atomic mass is 15.2. The van der Waals surface area contributed by atoms with Crippen LogP contribution in [0.4, 0.5) is 22.7 Å². The first-order chi connectivity index (χ1) is 31.0. The minimum absolute atomic E-state index is 0.00873. The summed E-state index contributed by atoms with van der Waals surface area (Å²) in [4.78, 5) is 5.22. The Kier molecular flexibility index (Phi) is 15.0. The number of anilines is 4. The Morgan fingerprint density at radius 1 is 0.571 bits per heavy atom. The van der Waals surface area contributed by atoms with Crippen molar-refractivity contribution in [3.8, 4) is 0 Å². The van der Waals surface area contributed by atoms with Gasteiger partial charge in [0.05, 0.1) is 12.1 Å². The molecule has 0 saturated heterocycles. The van der Waals surface area contributed by atoms with Gasteiger partial charge in [-0.25, -0.2) is 0 Å². The van der Waals surface area contributed by atoms with Crippen LogP contribution in [0, 0.1) is 17.8 Å². The van der Waals surface area contributed by atoms with Crippen molar-refractivity contribution in [3.63, 3.8) is 0 Å². The van der Waals surface area contributed by atoms with Crippen LogP contribution in [0.3, 0.4) is 0 Å². The number of benzene rings is 6. The summed E-state index contributed by atoms with van der Waals surface area (Å²) in [6.07, 6.45) is 16.0. The number of nitrogens with zero attached hydrogens (tertiary/aromatic N) is 2. The van der Waals surface area contributed by atoms with E-state index in [-0.39, 0.29) is 12.1 Å². The molecule has 2 nitrogen and oxygen atoms in total. The van der Waals surface area contributed by atoms with E-state index in [0.29, 0.717) is 23.7 Å². The standard InChI is InChI=1S/C61H68N2/c1-5-7-12-25-46(3)42-49(24-6-2)53-40-41-59(60(45-53)47(4)62(55-30-13-8-14-31-55)56-32-15-9-16-33-56)61(63(57-34-17-10-18-35-57)58-36-19-11-20-37-58)54-29-23-28-51(44-54)52-39-38-48-26-21-22-27-50(48)43-52/h8-11,13-22,26-27,30-39,43,45-47,49,51,54,61H,5-7,12,23-25,28-29,42,44H2,1-4H3. The quantitative estimate of drug-likeness (QED) is 0.0593. The topological polar surface area (TPSA) is 6.48 Å². The first-order valence-corrected chi connectivity index (χ1v) is 24.3. The molecule has 0 heterocycles. The van der Waals surface area contributed by atoms with E-state index in [1.807, 2.05) is 0 Å². The first-order valence-electron chi connectivity index (χ1n) is 24.3. The third-order valence-electron chi connectivity index (χ3n) is 14.0. The highest BCUT2D eigenvalue weighted by molar-refractivity contribution is 5.83. The molecule has 1 fully saturated rings.